The maximum atomic E-state index is 5.58. The van der Waals surface area contributed by atoms with Crippen LogP contribution in [0.15, 0.2) is 30.3 Å². The second-order valence-corrected chi connectivity index (χ2v) is 4.11. The normalized spacial score (nSPS) is 10.2. The predicted octanol–water partition coefficient (Wildman–Crippen LogP) is 2.47. The summed E-state index contributed by atoms with van der Waals surface area (Å²) in [6, 6.07) is 9.47. The molecule has 0 aliphatic rings. The minimum absolute atomic E-state index is 0.577. The van der Waals surface area contributed by atoms with Crippen LogP contribution in [0.4, 0.5) is 17.3 Å². The Kier molecular flexibility index (Phi) is 4.73. The van der Waals surface area contributed by atoms with Gasteiger partial charge in [0.25, 0.3) is 0 Å². The highest BCUT2D eigenvalue weighted by molar-refractivity contribution is 5.65. The number of nitrogen functional groups attached to an aromatic ring is 1. The molecule has 1 aromatic carbocycles. The first-order valence-electron chi connectivity index (χ1n) is 6.60. The van der Waals surface area contributed by atoms with E-state index >= 15 is 0 Å². The van der Waals surface area contributed by atoms with E-state index in [9.17, 15) is 0 Å². The molecule has 6 nitrogen and oxygen atoms in total. The number of ether oxygens (including phenoxy) is 1. The van der Waals surface area contributed by atoms with Gasteiger partial charge < -0.3 is 15.5 Å². The van der Waals surface area contributed by atoms with Gasteiger partial charge in [-0.3, -0.25) is 0 Å². The number of nitrogens with zero attached hydrogens (tertiary/aromatic N) is 2. The molecule has 0 atom stereocenters. The monoisotopic (exact) mass is 273 g/mol. The lowest BCUT2D eigenvalue weighted by Crippen LogP contribution is -2.11. The topological polar surface area (TPSA) is 85.1 Å². The lowest BCUT2D eigenvalue weighted by Gasteiger charge is -2.13. The van der Waals surface area contributed by atoms with Gasteiger partial charge in [-0.1, -0.05) is 19.1 Å². The number of para-hydroxylation sites is 2. The molecule has 4 N–H and O–H groups in total. The first-order valence-corrected chi connectivity index (χ1v) is 6.60. The minimum atomic E-state index is 0.577. The summed E-state index contributed by atoms with van der Waals surface area (Å²) in [5.41, 5.74) is 3.40. The van der Waals surface area contributed by atoms with Crippen molar-refractivity contribution < 1.29 is 4.74 Å². The third kappa shape index (κ3) is 3.36. The molecule has 0 saturated heterocycles. The highest BCUT2D eigenvalue weighted by atomic mass is 16.5. The van der Waals surface area contributed by atoms with Gasteiger partial charge in [-0.15, -0.1) is 0 Å². The predicted molar refractivity (Wildman–Crippen MR) is 80.1 cm³/mol. The standard InChI is InChI=1S/C14H19N5O/c1-3-12-17-13(9-14(18-12)19-15)16-10-7-5-6-8-11(10)20-4-2/h5-9H,3-4,15H2,1-2H3,(H2,16,17,18,19). The Labute approximate surface area is 118 Å². The summed E-state index contributed by atoms with van der Waals surface area (Å²) in [5.74, 6) is 8.18. The van der Waals surface area contributed by atoms with E-state index in [4.69, 9.17) is 10.6 Å². The van der Waals surface area contributed by atoms with Crippen LogP contribution in [0.25, 0.3) is 0 Å². The molecule has 20 heavy (non-hydrogen) atoms. The molecule has 0 amide bonds. The first-order chi connectivity index (χ1) is 9.76. The maximum absolute atomic E-state index is 5.58. The van der Waals surface area contributed by atoms with Crippen LogP contribution in [0.2, 0.25) is 0 Å². The second kappa shape index (κ2) is 6.72. The van der Waals surface area contributed by atoms with Gasteiger partial charge in [0.1, 0.15) is 23.2 Å². The van der Waals surface area contributed by atoms with Gasteiger partial charge in [-0.25, -0.2) is 15.8 Å². The number of aryl methyl sites for hydroxylation is 1. The highest BCUT2D eigenvalue weighted by Gasteiger charge is 2.06. The molecule has 0 fully saturated rings. The van der Waals surface area contributed by atoms with Crippen LogP contribution in [0.5, 0.6) is 5.75 Å². The Morgan fingerprint density at radius 3 is 2.60 bits per heavy atom. The summed E-state index contributed by atoms with van der Waals surface area (Å²) in [7, 11) is 0. The van der Waals surface area contributed by atoms with Crippen molar-refractivity contribution in [2.45, 2.75) is 20.3 Å². The fourth-order valence-corrected chi connectivity index (χ4v) is 1.78. The molecule has 0 radical (unpaired) electrons. The van der Waals surface area contributed by atoms with Crippen molar-refractivity contribution >= 4 is 17.3 Å². The van der Waals surface area contributed by atoms with Gasteiger partial charge in [-0.05, 0) is 19.1 Å². The second-order valence-electron chi connectivity index (χ2n) is 4.11. The summed E-state index contributed by atoms with van der Waals surface area (Å²) in [4.78, 5) is 8.68. The van der Waals surface area contributed by atoms with Crippen molar-refractivity contribution in [2.75, 3.05) is 17.3 Å². The number of aromatic nitrogens is 2. The average Bonchev–Trinajstić information content (AvgIpc) is 2.49. The Balaban J connectivity index is 2.29. The maximum Gasteiger partial charge on any atom is 0.145 e. The molecule has 2 rings (SSSR count). The van der Waals surface area contributed by atoms with Gasteiger partial charge >= 0.3 is 0 Å². The number of nitrogens with two attached hydrogens (primary N) is 1. The number of hydrogen-bond acceptors (Lipinski definition) is 6. The van der Waals surface area contributed by atoms with Gasteiger partial charge in [0.05, 0.1) is 12.3 Å². The van der Waals surface area contributed by atoms with Crippen molar-refractivity contribution in [3.05, 3.63) is 36.2 Å². The third-order valence-electron chi connectivity index (χ3n) is 2.69. The van der Waals surface area contributed by atoms with Crippen LogP contribution in [-0.4, -0.2) is 16.6 Å². The van der Waals surface area contributed by atoms with E-state index in [1.54, 1.807) is 6.07 Å². The molecule has 0 aliphatic heterocycles. The molecule has 0 aliphatic carbocycles. The lowest BCUT2D eigenvalue weighted by atomic mass is 10.3. The summed E-state index contributed by atoms with van der Waals surface area (Å²) in [5, 5.41) is 3.24. The highest BCUT2D eigenvalue weighted by Crippen LogP contribution is 2.27. The Hall–Kier alpha value is -2.34. The average molecular weight is 273 g/mol. The SMILES string of the molecule is CCOc1ccccc1Nc1cc(NN)nc(CC)n1. The van der Waals surface area contributed by atoms with Crippen molar-refractivity contribution in [3.8, 4) is 5.75 Å². The fourth-order valence-electron chi connectivity index (χ4n) is 1.78. The molecule has 0 bridgehead atoms. The van der Waals surface area contributed by atoms with E-state index in [-0.39, 0.29) is 0 Å². The summed E-state index contributed by atoms with van der Waals surface area (Å²) in [6.07, 6.45) is 0.733. The van der Waals surface area contributed by atoms with E-state index < -0.39 is 0 Å². The smallest absolute Gasteiger partial charge is 0.145 e. The molecule has 0 unspecified atom stereocenters. The Bertz CT molecular complexity index is 551. The van der Waals surface area contributed by atoms with Gasteiger partial charge in [0, 0.05) is 12.5 Å². The van der Waals surface area contributed by atoms with Crippen LogP contribution in [-0.2, 0) is 6.42 Å². The van der Waals surface area contributed by atoms with Crippen molar-refractivity contribution in [3.63, 3.8) is 0 Å². The van der Waals surface area contributed by atoms with E-state index in [0.717, 1.165) is 23.7 Å². The minimum Gasteiger partial charge on any atom is -0.492 e. The molecule has 1 aromatic heterocycles. The molecule has 106 valence electrons. The van der Waals surface area contributed by atoms with Crippen LogP contribution >= 0.6 is 0 Å². The van der Waals surface area contributed by atoms with Crippen LogP contribution < -0.4 is 21.3 Å². The van der Waals surface area contributed by atoms with Crippen molar-refractivity contribution in [1.82, 2.24) is 9.97 Å². The van der Waals surface area contributed by atoms with E-state index in [0.29, 0.717) is 18.2 Å². The molecule has 0 saturated carbocycles. The Morgan fingerprint density at radius 1 is 1.15 bits per heavy atom. The van der Waals surface area contributed by atoms with Crippen molar-refractivity contribution in [1.29, 1.82) is 0 Å². The molecular formula is C14H19N5O. The lowest BCUT2D eigenvalue weighted by molar-refractivity contribution is 0.342. The van der Waals surface area contributed by atoms with Crippen LogP contribution in [0, 0.1) is 0 Å². The summed E-state index contributed by atoms with van der Waals surface area (Å²) >= 11 is 0. The number of rotatable bonds is 6. The molecule has 2 aromatic rings. The number of hydrazine groups is 1. The fraction of sp³-hybridized carbons (Fsp3) is 0.286. The van der Waals surface area contributed by atoms with E-state index in [1.807, 2.05) is 38.1 Å². The first kappa shape index (κ1) is 14.1. The van der Waals surface area contributed by atoms with E-state index in [1.165, 1.54) is 0 Å². The van der Waals surface area contributed by atoms with Crippen LogP contribution in [0.1, 0.15) is 19.7 Å². The summed E-state index contributed by atoms with van der Waals surface area (Å²) in [6.45, 7) is 4.55. The largest absolute Gasteiger partial charge is 0.492 e. The zero-order valence-electron chi connectivity index (χ0n) is 11.7. The quantitative estimate of drug-likeness (QED) is 0.554. The number of nitrogens with one attached hydrogen (secondary N) is 2. The molecule has 0 spiro atoms. The van der Waals surface area contributed by atoms with Gasteiger partial charge in [0.15, 0.2) is 0 Å². The van der Waals surface area contributed by atoms with Gasteiger partial charge in [0.2, 0.25) is 0 Å². The third-order valence-corrected chi connectivity index (χ3v) is 2.69. The number of hydrogen-bond donors (Lipinski definition) is 3. The van der Waals surface area contributed by atoms with Crippen molar-refractivity contribution in [2.24, 2.45) is 5.84 Å². The zero-order valence-corrected chi connectivity index (χ0v) is 11.7. The molecular weight excluding hydrogens is 254 g/mol. The van der Waals surface area contributed by atoms with E-state index in [2.05, 4.69) is 20.7 Å². The summed E-state index contributed by atoms with van der Waals surface area (Å²) < 4.78 is 5.58. The molecule has 6 heteroatoms. The van der Waals surface area contributed by atoms with Gasteiger partial charge in [-0.2, -0.15) is 0 Å². The number of benzene rings is 1. The molecule has 1 heterocycles. The van der Waals surface area contributed by atoms with Crippen LogP contribution in [0.3, 0.4) is 0 Å². The Morgan fingerprint density at radius 2 is 1.90 bits per heavy atom. The zero-order chi connectivity index (χ0) is 14.4. The number of anilines is 3.